The number of amides is 1. The molecule has 1 amide bonds. The number of carbonyl (C=O) groups is 2. The molecule has 2 N–H and O–H groups in total. The normalized spacial score (nSPS) is 12.3. The van der Waals surface area contributed by atoms with E-state index in [-0.39, 0.29) is 24.8 Å². The van der Waals surface area contributed by atoms with Crippen LogP contribution < -0.4 is 14.8 Å². The maximum Gasteiger partial charge on any atom is 0.305 e. The van der Waals surface area contributed by atoms with Gasteiger partial charge in [-0.05, 0) is 12.1 Å². The molecule has 1 aromatic carbocycles. The second-order valence-electron chi connectivity index (χ2n) is 3.59. The summed E-state index contributed by atoms with van der Waals surface area (Å²) in [6.07, 6.45) is -0.135. The largest absolute Gasteiger partial charge is 0.481 e. The summed E-state index contributed by atoms with van der Waals surface area (Å²) < 4.78 is 10.2. The lowest BCUT2D eigenvalue weighted by atomic mass is 10.2. The molecule has 18 heavy (non-hydrogen) atoms. The fraction of sp³-hybridized carbons (Fsp3) is 0.273. The molecule has 0 atom stereocenters. The first kappa shape index (κ1) is 12.5. The van der Waals surface area contributed by atoms with Crippen molar-refractivity contribution in [3.8, 4) is 11.5 Å². The summed E-state index contributed by atoms with van der Waals surface area (Å²) in [4.78, 5) is 22.0. The van der Waals surface area contributed by atoms with E-state index >= 15 is 0 Å². The van der Waals surface area contributed by atoms with Gasteiger partial charge in [-0.15, -0.1) is 0 Å². The lowest BCUT2D eigenvalue weighted by Gasteiger charge is -2.05. The van der Waals surface area contributed by atoms with Crippen LogP contribution in [-0.2, 0) is 4.79 Å². The molecule has 2 rings (SSSR count). The SMILES string of the molecule is O=C(O)CCNC(=O)c1cc(Cl)c2c(c1)OCO2. The predicted octanol–water partition coefficient (Wildman–Crippen LogP) is 1.27. The molecular formula is C11H10ClNO5. The predicted molar refractivity (Wildman–Crippen MR) is 62.2 cm³/mol. The van der Waals surface area contributed by atoms with E-state index in [1.165, 1.54) is 12.1 Å². The van der Waals surface area contributed by atoms with Crippen molar-refractivity contribution in [3.05, 3.63) is 22.7 Å². The molecular weight excluding hydrogens is 262 g/mol. The molecule has 1 heterocycles. The smallest absolute Gasteiger partial charge is 0.305 e. The molecule has 0 aliphatic carbocycles. The number of rotatable bonds is 4. The van der Waals surface area contributed by atoms with Crippen molar-refractivity contribution in [2.24, 2.45) is 0 Å². The third-order valence-corrected chi connectivity index (χ3v) is 2.59. The molecule has 1 aliphatic rings. The fourth-order valence-corrected chi connectivity index (χ4v) is 1.75. The number of nitrogens with one attached hydrogen (secondary N) is 1. The van der Waals surface area contributed by atoms with Crippen LogP contribution >= 0.6 is 11.6 Å². The molecule has 0 spiro atoms. The van der Waals surface area contributed by atoms with E-state index in [2.05, 4.69) is 5.32 Å². The number of hydrogen-bond donors (Lipinski definition) is 2. The molecule has 0 unspecified atom stereocenters. The molecule has 7 heteroatoms. The van der Waals surface area contributed by atoms with Gasteiger partial charge in [0.15, 0.2) is 11.5 Å². The van der Waals surface area contributed by atoms with Crippen LogP contribution in [-0.4, -0.2) is 30.3 Å². The van der Waals surface area contributed by atoms with Gasteiger partial charge in [0.2, 0.25) is 6.79 Å². The summed E-state index contributed by atoms with van der Waals surface area (Å²) in [5.41, 5.74) is 0.301. The third-order valence-electron chi connectivity index (χ3n) is 2.31. The number of carboxylic acids is 1. The second-order valence-corrected chi connectivity index (χ2v) is 4.00. The Morgan fingerprint density at radius 1 is 1.39 bits per heavy atom. The van der Waals surface area contributed by atoms with Gasteiger partial charge in [-0.3, -0.25) is 9.59 Å². The number of halogens is 1. The summed E-state index contributed by atoms with van der Waals surface area (Å²) in [5, 5.41) is 11.2. The Morgan fingerprint density at radius 3 is 2.89 bits per heavy atom. The van der Waals surface area contributed by atoms with Gasteiger partial charge in [0, 0.05) is 12.1 Å². The van der Waals surface area contributed by atoms with Crippen LogP contribution in [0.1, 0.15) is 16.8 Å². The molecule has 1 aliphatic heterocycles. The summed E-state index contributed by atoms with van der Waals surface area (Å²) in [6, 6.07) is 2.95. The number of carboxylic acid groups (broad SMARTS) is 1. The molecule has 0 radical (unpaired) electrons. The highest BCUT2D eigenvalue weighted by Gasteiger charge is 2.20. The van der Waals surface area contributed by atoms with E-state index in [1.807, 2.05) is 0 Å². The van der Waals surface area contributed by atoms with Crippen molar-refractivity contribution in [3.63, 3.8) is 0 Å². The Balaban J connectivity index is 2.07. The van der Waals surface area contributed by atoms with Crippen molar-refractivity contribution in [2.45, 2.75) is 6.42 Å². The Labute approximate surface area is 107 Å². The van der Waals surface area contributed by atoms with Gasteiger partial charge in [-0.1, -0.05) is 11.6 Å². The number of ether oxygens (including phenoxy) is 2. The molecule has 96 valence electrons. The van der Waals surface area contributed by atoms with Crippen LogP contribution in [0.5, 0.6) is 11.5 Å². The summed E-state index contributed by atoms with van der Waals surface area (Å²) in [6.45, 7) is 0.124. The minimum atomic E-state index is -0.973. The number of hydrogen-bond acceptors (Lipinski definition) is 4. The lowest BCUT2D eigenvalue weighted by molar-refractivity contribution is -0.136. The first-order chi connectivity index (χ1) is 8.58. The summed E-state index contributed by atoms with van der Waals surface area (Å²) >= 11 is 5.92. The van der Waals surface area contributed by atoms with Gasteiger partial charge in [-0.2, -0.15) is 0 Å². The molecule has 0 saturated carbocycles. The first-order valence-electron chi connectivity index (χ1n) is 5.17. The van der Waals surface area contributed by atoms with Crippen LogP contribution in [0.25, 0.3) is 0 Å². The zero-order valence-corrected chi connectivity index (χ0v) is 9.99. The number of benzene rings is 1. The van der Waals surface area contributed by atoms with E-state index in [1.54, 1.807) is 0 Å². The topological polar surface area (TPSA) is 84.9 Å². The Kier molecular flexibility index (Phi) is 3.57. The maximum atomic E-state index is 11.7. The number of aliphatic carboxylic acids is 1. The van der Waals surface area contributed by atoms with Crippen LogP contribution in [0.2, 0.25) is 5.02 Å². The standard InChI is InChI=1S/C11H10ClNO5/c12-7-3-6(4-8-10(7)18-5-17-8)11(16)13-2-1-9(14)15/h3-4H,1-2,5H2,(H,13,16)(H,14,15). The minimum absolute atomic E-state index is 0.0558. The monoisotopic (exact) mass is 271 g/mol. The van der Waals surface area contributed by atoms with E-state index in [4.69, 9.17) is 26.2 Å². The van der Waals surface area contributed by atoms with Gasteiger partial charge in [0.25, 0.3) is 5.91 Å². The second kappa shape index (κ2) is 5.14. The Morgan fingerprint density at radius 2 is 2.17 bits per heavy atom. The van der Waals surface area contributed by atoms with Gasteiger partial charge < -0.3 is 19.9 Å². The summed E-state index contributed by atoms with van der Waals surface area (Å²) in [7, 11) is 0. The average molecular weight is 272 g/mol. The van der Waals surface area contributed by atoms with Gasteiger partial charge >= 0.3 is 5.97 Å². The lowest BCUT2D eigenvalue weighted by Crippen LogP contribution is -2.25. The zero-order valence-electron chi connectivity index (χ0n) is 9.23. The van der Waals surface area contributed by atoms with Crippen molar-refractivity contribution >= 4 is 23.5 Å². The van der Waals surface area contributed by atoms with E-state index in [0.29, 0.717) is 17.1 Å². The highest BCUT2D eigenvalue weighted by atomic mass is 35.5. The van der Waals surface area contributed by atoms with Gasteiger partial charge in [0.1, 0.15) is 0 Å². The van der Waals surface area contributed by atoms with Gasteiger partial charge in [-0.25, -0.2) is 0 Å². The molecule has 0 bridgehead atoms. The Hall–Kier alpha value is -1.95. The van der Waals surface area contributed by atoms with Gasteiger partial charge in [0.05, 0.1) is 11.4 Å². The molecule has 1 aromatic rings. The third kappa shape index (κ3) is 2.65. The number of carbonyl (C=O) groups excluding carboxylic acids is 1. The average Bonchev–Trinajstić information content (AvgIpc) is 2.76. The number of fused-ring (bicyclic) bond motifs is 1. The van der Waals surface area contributed by atoms with Crippen LogP contribution in [0.15, 0.2) is 12.1 Å². The van der Waals surface area contributed by atoms with Crippen molar-refractivity contribution < 1.29 is 24.2 Å². The first-order valence-corrected chi connectivity index (χ1v) is 5.55. The van der Waals surface area contributed by atoms with Crippen LogP contribution in [0.4, 0.5) is 0 Å². The van der Waals surface area contributed by atoms with Crippen molar-refractivity contribution in [1.29, 1.82) is 0 Å². The van der Waals surface area contributed by atoms with Crippen molar-refractivity contribution in [2.75, 3.05) is 13.3 Å². The Bertz CT molecular complexity index is 502. The highest BCUT2D eigenvalue weighted by Crippen LogP contribution is 2.39. The van der Waals surface area contributed by atoms with E-state index in [9.17, 15) is 9.59 Å². The zero-order chi connectivity index (χ0) is 13.1. The molecule has 0 saturated heterocycles. The fourth-order valence-electron chi connectivity index (χ4n) is 1.48. The van der Waals surface area contributed by atoms with E-state index in [0.717, 1.165) is 0 Å². The maximum absolute atomic E-state index is 11.7. The van der Waals surface area contributed by atoms with Crippen LogP contribution in [0.3, 0.4) is 0 Å². The quantitative estimate of drug-likeness (QED) is 0.861. The molecule has 6 nitrogen and oxygen atoms in total. The summed E-state index contributed by atoms with van der Waals surface area (Å²) in [5.74, 6) is -0.555. The molecule has 0 fully saturated rings. The van der Waals surface area contributed by atoms with E-state index < -0.39 is 11.9 Å². The highest BCUT2D eigenvalue weighted by molar-refractivity contribution is 6.32. The minimum Gasteiger partial charge on any atom is -0.481 e. The van der Waals surface area contributed by atoms with Crippen molar-refractivity contribution in [1.82, 2.24) is 5.32 Å². The van der Waals surface area contributed by atoms with Crippen LogP contribution in [0, 0.1) is 0 Å². The molecule has 0 aromatic heterocycles.